The molecule has 0 fully saturated rings. The Balaban J connectivity index is 1.70. The van der Waals surface area contributed by atoms with E-state index in [9.17, 15) is 0 Å². The Morgan fingerprint density at radius 3 is 2.58 bits per heavy atom. The zero-order chi connectivity index (χ0) is 16.8. The quantitative estimate of drug-likeness (QED) is 0.564. The van der Waals surface area contributed by atoms with Crippen molar-refractivity contribution < 1.29 is 0 Å². The zero-order valence-corrected chi connectivity index (χ0v) is 16.0. The molecule has 24 heavy (non-hydrogen) atoms. The lowest BCUT2D eigenvalue weighted by Crippen LogP contribution is -2.16. The van der Waals surface area contributed by atoms with Gasteiger partial charge in [-0.25, -0.2) is 4.98 Å². The van der Waals surface area contributed by atoms with Crippen LogP contribution in [0.2, 0.25) is 0 Å². The highest BCUT2D eigenvalue weighted by Crippen LogP contribution is 2.35. The first-order chi connectivity index (χ1) is 11.8. The van der Waals surface area contributed by atoms with Crippen LogP contribution in [0.1, 0.15) is 69.7 Å². The Bertz CT molecular complexity index is 574. The number of aromatic nitrogens is 2. The molecule has 3 rings (SSSR count). The summed E-state index contributed by atoms with van der Waals surface area (Å²) < 4.78 is 2.47. The first kappa shape index (κ1) is 17.7. The van der Waals surface area contributed by atoms with Crippen LogP contribution in [0.3, 0.4) is 0 Å². The van der Waals surface area contributed by atoms with E-state index in [0.717, 1.165) is 19.5 Å². The lowest BCUT2D eigenvalue weighted by molar-refractivity contribution is 0.465. The molecule has 0 N–H and O–H groups in total. The average Bonchev–Trinajstić information content (AvgIpc) is 3.17. The van der Waals surface area contributed by atoms with E-state index in [1.54, 1.807) is 0 Å². The van der Waals surface area contributed by atoms with Crippen LogP contribution in [0.25, 0.3) is 0 Å². The van der Waals surface area contributed by atoms with Crippen LogP contribution in [0.4, 0.5) is 0 Å². The van der Waals surface area contributed by atoms with Crippen LogP contribution in [0.15, 0.2) is 29.7 Å². The summed E-state index contributed by atoms with van der Waals surface area (Å²) in [6.07, 6.45) is 18.1. The molecule has 0 saturated heterocycles. The minimum absolute atomic E-state index is 0.393. The molecule has 0 bridgehead atoms. The van der Waals surface area contributed by atoms with Gasteiger partial charge in [0, 0.05) is 37.2 Å². The standard InChI is InChI=1S/C20H31N3S/c1-3-5-7-9-18-19(23-15-16-24-20(23)21-18)17-10-13-22(14-11-17)12-8-6-4-2/h10-11,13-14,17H,3-9,12,15-16H2,1-2H3. The number of aryl methyl sites for hydroxylation is 1. The maximum Gasteiger partial charge on any atom is 0.168 e. The van der Waals surface area contributed by atoms with E-state index in [4.69, 9.17) is 4.98 Å². The molecule has 1 aromatic rings. The molecule has 0 aromatic carbocycles. The van der Waals surface area contributed by atoms with Crippen molar-refractivity contribution in [2.45, 2.75) is 76.4 Å². The number of thioether (sulfide) groups is 1. The number of rotatable bonds is 9. The van der Waals surface area contributed by atoms with Gasteiger partial charge in [0.15, 0.2) is 5.16 Å². The van der Waals surface area contributed by atoms with Crippen LogP contribution in [-0.2, 0) is 13.0 Å². The Labute approximate surface area is 151 Å². The molecule has 4 heteroatoms. The van der Waals surface area contributed by atoms with E-state index >= 15 is 0 Å². The van der Waals surface area contributed by atoms with E-state index < -0.39 is 0 Å². The van der Waals surface area contributed by atoms with Gasteiger partial charge < -0.3 is 9.47 Å². The lowest BCUT2D eigenvalue weighted by Gasteiger charge is -2.23. The Hall–Kier alpha value is -1.16. The molecular weight excluding hydrogens is 314 g/mol. The smallest absolute Gasteiger partial charge is 0.168 e. The number of imidazole rings is 1. The number of fused-ring (bicyclic) bond motifs is 1. The van der Waals surface area contributed by atoms with Gasteiger partial charge in [-0.3, -0.25) is 0 Å². The van der Waals surface area contributed by atoms with Crippen molar-refractivity contribution in [3.8, 4) is 0 Å². The summed E-state index contributed by atoms with van der Waals surface area (Å²) in [6, 6.07) is 0. The number of hydrogen-bond acceptors (Lipinski definition) is 3. The van der Waals surface area contributed by atoms with Gasteiger partial charge >= 0.3 is 0 Å². The predicted octanol–water partition coefficient (Wildman–Crippen LogP) is 5.34. The highest BCUT2D eigenvalue weighted by Gasteiger charge is 2.25. The van der Waals surface area contributed by atoms with Crippen molar-refractivity contribution in [1.29, 1.82) is 0 Å². The third-order valence-corrected chi connectivity index (χ3v) is 5.87. The summed E-state index contributed by atoms with van der Waals surface area (Å²) in [7, 11) is 0. The second kappa shape index (κ2) is 8.80. The van der Waals surface area contributed by atoms with Gasteiger partial charge in [0.1, 0.15) is 0 Å². The molecule has 0 aliphatic carbocycles. The molecule has 0 radical (unpaired) electrons. The van der Waals surface area contributed by atoms with Gasteiger partial charge in [0.05, 0.1) is 11.4 Å². The molecule has 2 aliphatic heterocycles. The fourth-order valence-electron chi connectivity index (χ4n) is 3.54. The van der Waals surface area contributed by atoms with E-state index in [1.165, 1.54) is 60.8 Å². The molecular formula is C20H31N3S. The number of allylic oxidation sites excluding steroid dienone is 2. The van der Waals surface area contributed by atoms with E-state index in [0.29, 0.717) is 5.92 Å². The predicted molar refractivity (Wildman–Crippen MR) is 103 cm³/mol. The summed E-state index contributed by atoms with van der Waals surface area (Å²) in [4.78, 5) is 7.29. The summed E-state index contributed by atoms with van der Waals surface area (Å²) >= 11 is 1.91. The third-order valence-electron chi connectivity index (χ3n) is 4.92. The van der Waals surface area contributed by atoms with Crippen LogP contribution in [0, 0.1) is 0 Å². The second-order valence-corrected chi connectivity index (χ2v) is 7.90. The molecule has 3 nitrogen and oxygen atoms in total. The minimum atomic E-state index is 0.393. The zero-order valence-electron chi connectivity index (χ0n) is 15.2. The molecule has 0 spiro atoms. The molecule has 2 aliphatic rings. The minimum Gasteiger partial charge on any atom is -0.355 e. The fourth-order valence-corrected chi connectivity index (χ4v) is 4.52. The van der Waals surface area contributed by atoms with Gasteiger partial charge in [0.2, 0.25) is 0 Å². The van der Waals surface area contributed by atoms with Crippen molar-refractivity contribution in [3.63, 3.8) is 0 Å². The maximum absolute atomic E-state index is 4.96. The van der Waals surface area contributed by atoms with Crippen molar-refractivity contribution in [3.05, 3.63) is 35.9 Å². The first-order valence-corrected chi connectivity index (χ1v) is 10.7. The van der Waals surface area contributed by atoms with Gasteiger partial charge in [0.25, 0.3) is 0 Å². The van der Waals surface area contributed by atoms with E-state index in [2.05, 4.69) is 47.9 Å². The van der Waals surface area contributed by atoms with Crippen molar-refractivity contribution in [2.75, 3.05) is 12.3 Å². The summed E-state index contributed by atoms with van der Waals surface area (Å²) in [6.45, 7) is 6.78. The van der Waals surface area contributed by atoms with Crippen LogP contribution in [0.5, 0.6) is 0 Å². The number of nitrogens with zero attached hydrogens (tertiary/aromatic N) is 3. The van der Waals surface area contributed by atoms with Crippen molar-refractivity contribution in [2.24, 2.45) is 0 Å². The van der Waals surface area contributed by atoms with Crippen LogP contribution in [-0.4, -0.2) is 26.7 Å². The average molecular weight is 346 g/mol. The van der Waals surface area contributed by atoms with Crippen molar-refractivity contribution in [1.82, 2.24) is 14.5 Å². The van der Waals surface area contributed by atoms with E-state index in [-0.39, 0.29) is 0 Å². The highest BCUT2D eigenvalue weighted by atomic mass is 32.2. The Morgan fingerprint density at radius 2 is 1.83 bits per heavy atom. The fraction of sp³-hybridized carbons (Fsp3) is 0.650. The number of unbranched alkanes of at least 4 members (excludes halogenated alkanes) is 4. The number of hydrogen-bond donors (Lipinski definition) is 0. The second-order valence-electron chi connectivity index (χ2n) is 6.84. The summed E-state index contributed by atoms with van der Waals surface area (Å²) in [5, 5.41) is 1.24. The van der Waals surface area contributed by atoms with Crippen LogP contribution >= 0.6 is 11.8 Å². The van der Waals surface area contributed by atoms with Crippen LogP contribution < -0.4 is 0 Å². The van der Waals surface area contributed by atoms with Gasteiger partial charge in [-0.2, -0.15) is 0 Å². The highest BCUT2D eigenvalue weighted by molar-refractivity contribution is 7.99. The topological polar surface area (TPSA) is 21.1 Å². The van der Waals surface area contributed by atoms with Gasteiger partial charge in [-0.1, -0.05) is 63.4 Å². The molecule has 0 amide bonds. The summed E-state index contributed by atoms with van der Waals surface area (Å²) in [5.74, 6) is 1.57. The molecule has 3 heterocycles. The Morgan fingerprint density at radius 1 is 1.08 bits per heavy atom. The third kappa shape index (κ3) is 4.08. The monoisotopic (exact) mass is 345 g/mol. The Kier molecular flexibility index (Phi) is 6.47. The van der Waals surface area contributed by atoms with Gasteiger partial charge in [-0.05, 0) is 19.3 Å². The first-order valence-electron chi connectivity index (χ1n) is 9.68. The summed E-state index contributed by atoms with van der Waals surface area (Å²) in [5.41, 5.74) is 2.79. The lowest BCUT2D eigenvalue weighted by atomic mass is 9.98. The normalized spacial score (nSPS) is 17.0. The van der Waals surface area contributed by atoms with Crippen molar-refractivity contribution >= 4 is 11.8 Å². The molecule has 132 valence electrons. The molecule has 0 atom stereocenters. The van der Waals surface area contributed by atoms with Gasteiger partial charge in [-0.15, -0.1) is 0 Å². The molecule has 0 unspecified atom stereocenters. The largest absolute Gasteiger partial charge is 0.355 e. The van der Waals surface area contributed by atoms with E-state index in [1.807, 2.05) is 11.8 Å². The molecule has 0 saturated carbocycles. The SMILES string of the molecule is CCCCCc1nc2n(c1C1C=CN(CCCCC)C=C1)CCS2. The maximum atomic E-state index is 4.96. The molecule has 1 aromatic heterocycles.